The van der Waals surface area contributed by atoms with Gasteiger partial charge in [0, 0.05) is 25.6 Å². The lowest BCUT2D eigenvalue weighted by molar-refractivity contribution is -0.161. The van der Waals surface area contributed by atoms with Crippen LogP contribution in [0.1, 0.15) is 33.2 Å². The van der Waals surface area contributed by atoms with Gasteiger partial charge in [0.2, 0.25) is 5.91 Å². The van der Waals surface area contributed by atoms with E-state index in [1.165, 1.54) is 13.3 Å². The molecule has 28 heavy (non-hydrogen) atoms. The first-order valence-electron chi connectivity index (χ1n) is 9.32. The number of hydrogen-bond acceptors (Lipinski definition) is 5. The number of carbonyl (C=O) groups excluding carboxylic acids is 1. The van der Waals surface area contributed by atoms with Crippen LogP contribution < -0.4 is 0 Å². The monoisotopic (exact) mass is 402 g/mol. The lowest BCUT2D eigenvalue weighted by Gasteiger charge is -2.27. The molecule has 0 unspecified atom stereocenters. The Hall–Kier alpha value is -2.14. The zero-order valence-corrected chi connectivity index (χ0v) is 16.9. The topological polar surface area (TPSA) is 69.5 Å². The highest BCUT2D eigenvalue weighted by atomic mass is 35.5. The van der Waals surface area contributed by atoms with Crippen molar-refractivity contribution >= 4 is 28.5 Å². The van der Waals surface area contributed by atoms with Gasteiger partial charge in [0.1, 0.15) is 23.2 Å². The fourth-order valence-electron chi connectivity index (χ4n) is 4.41. The van der Waals surface area contributed by atoms with Gasteiger partial charge in [-0.05, 0) is 26.3 Å². The van der Waals surface area contributed by atoms with Gasteiger partial charge >= 0.3 is 0 Å². The second kappa shape index (κ2) is 7.03. The number of nitrogens with zero attached hydrogens (tertiary/aromatic N) is 4. The van der Waals surface area contributed by atoms with Crippen LogP contribution in [0.25, 0.3) is 11.0 Å². The largest absolute Gasteiger partial charge is 0.344 e. The van der Waals surface area contributed by atoms with Crippen molar-refractivity contribution in [3.8, 4) is 12.3 Å². The van der Waals surface area contributed by atoms with E-state index in [-0.39, 0.29) is 36.6 Å². The highest BCUT2D eigenvalue weighted by Gasteiger charge is 2.55. The first kappa shape index (κ1) is 19.2. The first-order chi connectivity index (χ1) is 13.3. The van der Waals surface area contributed by atoms with E-state index in [1.807, 2.05) is 26.1 Å². The summed E-state index contributed by atoms with van der Waals surface area (Å²) in [6, 6.07) is 1.93. The van der Waals surface area contributed by atoms with Crippen molar-refractivity contribution in [3.05, 3.63) is 23.7 Å². The van der Waals surface area contributed by atoms with Gasteiger partial charge in [0.25, 0.3) is 0 Å². The molecule has 0 aromatic carbocycles. The summed E-state index contributed by atoms with van der Waals surface area (Å²) in [7, 11) is 0. The smallest absolute Gasteiger partial charge is 0.220 e. The van der Waals surface area contributed by atoms with Crippen LogP contribution in [-0.4, -0.2) is 56.4 Å². The van der Waals surface area contributed by atoms with Crippen molar-refractivity contribution in [1.29, 1.82) is 0 Å². The molecule has 148 valence electrons. The summed E-state index contributed by atoms with van der Waals surface area (Å²) in [6.07, 6.45) is 9.38. The molecule has 2 fully saturated rings. The lowest BCUT2D eigenvalue weighted by Crippen LogP contribution is -2.38. The van der Waals surface area contributed by atoms with E-state index in [4.69, 9.17) is 27.5 Å². The van der Waals surface area contributed by atoms with Gasteiger partial charge in [-0.15, -0.1) is 6.42 Å². The number of carbonyl (C=O) groups is 1. The van der Waals surface area contributed by atoms with E-state index in [1.54, 1.807) is 4.90 Å². The van der Waals surface area contributed by atoms with Crippen LogP contribution in [0, 0.1) is 18.3 Å². The molecule has 0 bridgehead atoms. The molecule has 1 saturated heterocycles. The first-order valence-corrected chi connectivity index (χ1v) is 9.70. The van der Waals surface area contributed by atoms with Gasteiger partial charge in [-0.2, -0.15) is 0 Å². The average Bonchev–Trinajstić information content (AvgIpc) is 3.27. The molecule has 7 nitrogen and oxygen atoms in total. The highest BCUT2D eigenvalue weighted by Crippen LogP contribution is 2.48. The third-order valence-corrected chi connectivity index (χ3v) is 5.85. The molecule has 4 rings (SSSR count). The summed E-state index contributed by atoms with van der Waals surface area (Å²) in [5.74, 6) is 1.94. The molecular formula is C20H23ClN4O3. The van der Waals surface area contributed by atoms with Gasteiger partial charge in [0.15, 0.2) is 5.79 Å². The summed E-state index contributed by atoms with van der Waals surface area (Å²) in [5, 5.41) is 1.23. The third-order valence-electron chi connectivity index (χ3n) is 5.55. The molecule has 1 aliphatic carbocycles. The fraction of sp³-hybridized carbons (Fsp3) is 0.550. The minimum Gasteiger partial charge on any atom is -0.344 e. The van der Waals surface area contributed by atoms with Crippen LogP contribution in [0.2, 0.25) is 5.15 Å². The summed E-state index contributed by atoms with van der Waals surface area (Å²) >= 11 is 6.22. The van der Waals surface area contributed by atoms with E-state index in [2.05, 4.69) is 20.5 Å². The molecule has 1 amide bonds. The Kier molecular flexibility index (Phi) is 4.82. The number of hydrogen-bond donors (Lipinski definition) is 0. The Morgan fingerprint density at radius 3 is 2.89 bits per heavy atom. The fourth-order valence-corrected chi connectivity index (χ4v) is 4.60. The molecule has 4 atom stereocenters. The lowest BCUT2D eigenvalue weighted by atomic mass is 10.0. The van der Waals surface area contributed by atoms with Crippen molar-refractivity contribution < 1.29 is 14.3 Å². The average molecular weight is 403 g/mol. The van der Waals surface area contributed by atoms with E-state index >= 15 is 0 Å². The van der Waals surface area contributed by atoms with E-state index in [0.29, 0.717) is 11.7 Å². The van der Waals surface area contributed by atoms with E-state index in [9.17, 15) is 4.79 Å². The van der Waals surface area contributed by atoms with Crippen molar-refractivity contribution in [3.63, 3.8) is 0 Å². The van der Waals surface area contributed by atoms with Gasteiger partial charge in [0.05, 0.1) is 24.1 Å². The maximum absolute atomic E-state index is 12.0. The maximum atomic E-state index is 12.0. The van der Waals surface area contributed by atoms with Gasteiger partial charge in [-0.25, -0.2) is 9.97 Å². The van der Waals surface area contributed by atoms with Crippen molar-refractivity contribution in [2.75, 3.05) is 13.1 Å². The van der Waals surface area contributed by atoms with E-state index < -0.39 is 5.79 Å². The van der Waals surface area contributed by atoms with E-state index in [0.717, 1.165) is 17.5 Å². The molecular weight excluding hydrogens is 380 g/mol. The minimum absolute atomic E-state index is 0.0138. The highest BCUT2D eigenvalue weighted by molar-refractivity contribution is 6.33. The predicted molar refractivity (Wildman–Crippen MR) is 105 cm³/mol. The molecule has 2 aromatic heterocycles. The predicted octanol–water partition coefficient (Wildman–Crippen LogP) is 2.65. The molecule has 2 aromatic rings. The molecule has 2 aliphatic rings. The Morgan fingerprint density at radius 2 is 2.18 bits per heavy atom. The number of amides is 1. The number of ether oxygens (including phenoxy) is 2. The maximum Gasteiger partial charge on any atom is 0.220 e. The minimum atomic E-state index is -0.686. The molecule has 3 heterocycles. The standard InChI is InChI=1S/C20H23ClN4O3/c1-5-7-24(12(2)26)10-13-9-15(17-16(13)27-20(3,4)28-17)25-8-6-14-18(21)22-11-23-19(14)25/h1,6,8,11,13,15-17H,7,9-10H2,2-4H3/t13-,15-,16-,17+/m1/s1. The second-order valence-corrected chi connectivity index (χ2v) is 8.21. The Balaban J connectivity index is 1.68. The van der Waals surface area contributed by atoms with Crippen LogP contribution >= 0.6 is 11.6 Å². The molecule has 8 heteroatoms. The van der Waals surface area contributed by atoms with Crippen LogP contribution in [0.5, 0.6) is 0 Å². The van der Waals surface area contributed by atoms with Gasteiger partial charge in [-0.3, -0.25) is 4.79 Å². The summed E-state index contributed by atoms with van der Waals surface area (Å²) in [4.78, 5) is 22.1. The Morgan fingerprint density at radius 1 is 1.43 bits per heavy atom. The van der Waals surface area contributed by atoms with Crippen molar-refractivity contribution in [1.82, 2.24) is 19.4 Å². The normalized spacial score (nSPS) is 28.2. The SMILES string of the molecule is C#CCN(C[C@H]1C[C@@H](n2ccc3c(Cl)ncnc32)[C@@H]2OC(C)(C)O[C@H]12)C(C)=O. The van der Waals surface area contributed by atoms with Gasteiger partial charge < -0.3 is 18.9 Å². The summed E-state index contributed by atoms with van der Waals surface area (Å²) in [5.41, 5.74) is 0.768. The van der Waals surface area contributed by atoms with Crippen molar-refractivity contribution in [2.24, 2.45) is 5.92 Å². The van der Waals surface area contributed by atoms with Crippen LogP contribution in [0.3, 0.4) is 0 Å². The summed E-state index contributed by atoms with van der Waals surface area (Å²) in [6.45, 7) is 6.18. The molecule has 0 N–H and O–H groups in total. The number of aromatic nitrogens is 3. The number of fused-ring (bicyclic) bond motifs is 2. The Labute approximate surface area is 169 Å². The number of terminal acetylenes is 1. The zero-order chi connectivity index (χ0) is 20.1. The molecule has 1 saturated carbocycles. The third kappa shape index (κ3) is 3.26. The zero-order valence-electron chi connectivity index (χ0n) is 16.1. The molecule has 1 aliphatic heterocycles. The summed E-state index contributed by atoms with van der Waals surface area (Å²) < 4.78 is 14.6. The van der Waals surface area contributed by atoms with Crippen LogP contribution in [0.4, 0.5) is 0 Å². The number of halogens is 1. The quantitative estimate of drug-likeness (QED) is 0.581. The Bertz CT molecular complexity index is 951. The van der Waals surface area contributed by atoms with Crippen LogP contribution in [0.15, 0.2) is 18.6 Å². The van der Waals surface area contributed by atoms with Crippen molar-refractivity contribution in [2.45, 2.75) is 51.2 Å². The second-order valence-electron chi connectivity index (χ2n) is 7.86. The molecule has 0 spiro atoms. The van der Waals surface area contributed by atoms with Crippen LogP contribution in [-0.2, 0) is 14.3 Å². The van der Waals surface area contributed by atoms with Gasteiger partial charge in [-0.1, -0.05) is 17.5 Å². The molecule has 0 radical (unpaired) electrons. The number of rotatable bonds is 4.